The van der Waals surface area contributed by atoms with E-state index < -0.39 is 0 Å². The summed E-state index contributed by atoms with van der Waals surface area (Å²) in [5, 5.41) is 13.2. The maximum atomic E-state index is 9.78. The molecule has 17 heavy (non-hydrogen) atoms. The third-order valence-corrected chi connectivity index (χ3v) is 4.87. The van der Waals surface area contributed by atoms with Crippen LogP contribution in [0.25, 0.3) is 0 Å². The first-order valence-electron chi connectivity index (χ1n) is 7.15. The lowest BCUT2D eigenvalue weighted by Crippen LogP contribution is -2.59. The Kier molecular flexibility index (Phi) is 4.11. The van der Waals surface area contributed by atoms with Crippen LogP contribution in [-0.2, 0) is 0 Å². The van der Waals surface area contributed by atoms with Crippen molar-refractivity contribution in [2.75, 3.05) is 26.7 Å². The van der Waals surface area contributed by atoms with Crippen molar-refractivity contribution >= 4 is 0 Å². The first kappa shape index (κ1) is 13.3. The zero-order chi connectivity index (χ0) is 12.5. The smallest absolute Gasteiger partial charge is 0.0628 e. The number of rotatable bonds is 5. The first-order valence-corrected chi connectivity index (χ1v) is 7.15. The summed E-state index contributed by atoms with van der Waals surface area (Å²) in [7, 11) is 2.01. The molecule has 0 bridgehead atoms. The average Bonchev–Trinajstić information content (AvgIpc) is 3.15. The Labute approximate surface area is 106 Å². The first-order chi connectivity index (χ1) is 8.11. The maximum Gasteiger partial charge on any atom is 0.0628 e. The van der Waals surface area contributed by atoms with E-state index >= 15 is 0 Å². The van der Waals surface area contributed by atoms with Crippen LogP contribution in [0.2, 0.25) is 0 Å². The van der Waals surface area contributed by atoms with Crippen molar-refractivity contribution < 1.29 is 5.11 Å². The Balaban J connectivity index is 2.01. The monoisotopic (exact) mass is 240 g/mol. The molecule has 1 aliphatic heterocycles. The van der Waals surface area contributed by atoms with E-state index in [1.807, 2.05) is 7.05 Å². The average molecular weight is 240 g/mol. The van der Waals surface area contributed by atoms with Crippen LogP contribution in [0.1, 0.15) is 39.5 Å². The molecule has 1 heterocycles. The molecule has 1 saturated carbocycles. The highest BCUT2D eigenvalue weighted by Gasteiger charge is 2.45. The van der Waals surface area contributed by atoms with Gasteiger partial charge in [-0.2, -0.15) is 0 Å². The van der Waals surface area contributed by atoms with Gasteiger partial charge in [-0.25, -0.2) is 0 Å². The van der Waals surface area contributed by atoms with Crippen molar-refractivity contribution in [2.45, 2.75) is 51.1 Å². The minimum atomic E-state index is -0.0503. The molecule has 0 amide bonds. The van der Waals surface area contributed by atoms with E-state index in [1.165, 1.54) is 32.2 Å². The second-order valence-corrected chi connectivity index (χ2v) is 6.30. The highest BCUT2D eigenvalue weighted by molar-refractivity contribution is 5.03. The molecule has 3 atom stereocenters. The fourth-order valence-corrected chi connectivity index (χ4v) is 3.27. The number of aliphatic hydroxyl groups excluding tert-OH is 1. The van der Waals surface area contributed by atoms with Crippen molar-refractivity contribution in [1.29, 1.82) is 0 Å². The second kappa shape index (κ2) is 5.25. The minimum absolute atomic E-state index is 0.0503. The van der Waals surface area contributed by atoms with Gasteiger partial charge in [-0.05, 0) is 51.5 Å². The van der Waals surface area contributed by atoms with Gasteiger partial charge in [0.05, 0.1) is 12.1 Å². The van der Waals surface area contributed by atoms with E-state index in [2.05, 4.69) is 24.1 Å². The number of likely N-dealkylation sites (N-methyl/N-ethyl adjacent to an activating group) is 1. The number of nitrogens with one attached hydrogen (secondary N) is 1. The normalized spacial score (nSPS) is 34.6. The number of piperidine rings is 1. The number of nitrogens with zero attached hydrogens (tertiary/aromatic N) is 1. The summed E-state index contributed by atoms with van der Waals surface area (Å²) in [5.41, 5.74) is -0.0503. The Morgan fingerprint density at radius 3 is 2.47 bits per heavy atom. The molecule has 3 nitrogen and oxygen atoms in total. The summed E-state index contributed by atoms with van der Waals surface area (Å²) in [5.74, 6) is 1.49. The predicted octanol–water partition coefficient (Wildman–Crippen LogP) is 1.47. The molecule has 2 N–H and O–H groups in total. The highest BCUT2D eigenvalue weighted by atomic mass is 16.3. The van der Waals surface area contributed by atoms with Gasteiger partial charge in [0.25, 0.3) is 0 Å². The predicted molar refractivity (Wildman–Crippen MR) is 71.0 cm³/mol. The summed E-state index contributed by atoms with van der Waals surface area (Å²) in [6.45, 7) is 7.14. The van der Waals surface area contributed by atoms with Crippen molar-refractivity contribution in [2.24, 2.45) is 11.8 Å². The number of likely N-dealkylation sites (tertiary alicyclic amines) is 1. The van der Waals surface area contributed by atoms with E-state index in [4.69, 9.17) is 0 Å². The molecule has 0 radical (unpaired) electrons. The molecular formula is C14H28N2O. The fraction of sp³-hybridized carbons (Fsp3) is 1.00. The van der Waals surface area contributed by atoms with Crippen molar-refractivity contribution in [3.63, 3.8) is 0 Å². The quantitative estimate of drug-likeness (QED) is 0.764. The van der Waals surface area contributed by atoms with Gasteiger partial charge in [0.2, 0.25) is 0 Å². The molecule has 2 rings (SSSR count). The Bertz CT molecular complexity index is 249. The van der Waals surface area contributed by atoms with Gasteiger partial charge in [0.1, 0.15) is 0 Å². The van der Waals surface area contributed by atoms with E-state index in [0.717, 1.165) is 12.5 Å². The largest absolute Gasteiger partial charge is 0.394 e. The molecule has 2 fully saturated rings. The third-order valence-electron chi connectivity index (χ3n) is 4.87. The van der Waals surface area contributed by atoms with E-state index in [0.29, 0.717) is 12.0 Å². The van der Waals surface area contributed by atoms with Crippen LogP contribution < -0.4 is 5.32 Å². The van der Waals surface area contributed by atoms with E-state index in [1.54, 1.807) is 0 Å². The van der Waals surface area contributed by atoms with Gasteiger partial charge >= 0.3 is 0 Å². The van der Waals surface area contributed by atoms with Crippen LogP contribution in [0.15, 0.2) is 0 Å². The van der Waals surface area contributed by atoms with Crippen LogP contribution >= 0.6 is 0 Å². The molecule has 100 valence electrons. The molecule has 1 aliphatic carbocycles. The van der Waals surface area contributed by atoms with Gasteiger partial charge in [-0.15, -0.1) is 0 Å². The summed E-state index contributed by atoms with van der Waals surface area (Å²) in [6, 6.07) is 0.671. The van der Waals surface area contributed by atoms with E-state index in [-0.39, 0.29) is 12.1 Å². The molecule has 3 heteroatoms. The Hall–Kier alpha value is -0.120. The minimum Gasteiger partial charge on any atom is -0.394 e. The number of hydrogen-bond donors (Lipinski definition) is 2. The molecule has 0 aromatic heterocycles. The molecule has 0 aromatic carbocycles. The molecular weight excluding hydrogens is 212 g/mol. The van der Waals surface area contributed by atoms with Gasteiger partial charge in [0, 0.05) is 19.1 Å². The summed E-state index contributed by atoms with van der Waals surface area (Å²) >= 11 is 0. The molecule has 0 aromatic rings. The van der Waals surface area contributed by atoms with Crippen LogP contribution in [0.4, 0.5) is 0 Å². The lowest BCUT2D eigenvalue weighted by atomic mass is 9.89. The SMILES string of the molecule is CNC(CO)(CN1CC(C)CCC1C)C1CC1. The zero-order valence-electron chi connectivity index (χ0n) is 11.6. The van der Waals surface area contributed by atoms with Crippen molar-refractivity contribution in [3.8, 4) is 0 Å². The molecule has 2 aliphatic rings. The third kappa shape index (κ3) is 2.83. The number of hydrogen-bond acceptors (Lipinski definition) is 3. The topological polar surface area (TPSA) is 35.5 Å². The van der Waals surface area contributed by atoms with Crippen LogP contribution in [0.5, 0.6) is 0 Å². The van der Waals surface area contributed by atoms with E-state index in [9.17, 15) is 5.11 Å². The van der Waals surface area contributed by atoms with Gasteiger partial charge in [-0.3, -0.25) is 4.90 Å². The van der Waals surface area contributed by atoms with Crippen molar-refractivity contribution in [1.82, 2.24) is 10.2 Å². The lowest BCUT2D eigenvalue weighted by molar-refractivity contribution is 0.0489. The molecule has 0 spiro atoms. The van der Waals surface area contributed by atoms with Gasteiger partial charge < -0.3 is 10.4 Å². The summed E-state index contributed by atoms with van der Waals surface area (Å²) in [6.07, 6.45) is 5.21. The summed E-state index contributed by atoms with van der Waals surface area (Å²) in [4.78, 5) is 2.58. The van der Waals surface area contributed by atoms with Crippen molar-refractivity contribution in [3.05, 3.63) is 0 Å². The van der Waals surface area contributed by atoms with Gasteiger partial charge in [0.15, 0.2) is 0 Å². The Morgan fingerprint density at radius 1 is 1.24 bits per heavy atom. The zero-order valence-corrected chi connectivity index (χ0v) is 11.6. The second-order valence-electron chi connectivity index (χ2n) is 6.30. The Morgan fingerprint density at radius 2 is 1.94 bits per heavy atom. The standard InChI is InChI=1S/C14H28N2O/c1-11-4-5-12(2)16(8-11)9-14(10-17,15-3)13-6-7-13/h11-13,15,17H,4-10H2,1-3H3. The number of aliphatic hydroxyl groups is 1. The van der Waals surface area contributed by atoms with Crippen LogP contribution in [0, 0.1) is 11.8 Å². The molecule has 3 unspecified atom stereocenters. The van der Waals surface area contributed by atoms with Crippen LogP contribution in [-0.4, -0.2) is 48.3 Å². The fourth-order valence-electron chi connectivity index (χ4n) is 3.27. The molecule has 1 saturated heterocycles. The lowest BCUT2D eigenvalue weighted by Gasteiger charge is -2.43. The summed E-state index contributed by atoms with van der Waals surface area (Å²) < 4.78 is 0. The van der Waals surface area contributed by atoms with Crippen LogP contribution in [0.3, 0.4) is 0 Å². The maximum absolute atomic E-state index is 9.78. The highest BCUT2D eigenvalue weighted by Crippen LogP contribution is 2.40. The van der Waals surface area contributed by atoms with Gasteiger partial charge in [-0.1, -0.05) is 6.92 Å².